The number of nitro groups is 1. The van der Waals surface area contributed by atoms with E-state index < -0.39 is 4.92 Å². The van der Waals surface area contributed by atoms with Crippen LogP contribution in [0.2, 0.25) is 0 Å². The minimum Gasteiger partial charge on any atom is -0.460 e. The van der Waals surface area contributed by atoms with Crippen LogP contribution in [0.5, 0.6) is 5.75 Å². The van der Waals surface area contributed by atoms with Crippen molar-refractivity contribution in [2.75, 3.05) is 0 Å². The van der Waals surface area contributed by atoms with Gasteiger partial charge in [-0.15, -0.1) is 11.3 Å². The summed E-state index contributed by atoms with van der Waals surface area (Å²) in [6.07, 6.45) is 13.5. The minimum atomic E-state index is -0.499. The zero-order valence-corrected chi connectivity index (χ0v) is 16.0. The monoisotopic (exact) mass is 380 g/mol. The molecular weight excluding hydrogens is 360 g/mol. The molecule has 0 fully saturated rings. The topological polar surface area (TPSA) is 65.3 Å². The molecule has 0 aromatic carbocycles. The van der Waals surface area contributed by atoms with Gasteiger partial charge < -0.3 is 4.74 Å². The molecule has 0 radical (unpaired) electrons. The summed E-state index contributed by atoms with van der Waals surface area (Å²) < 4.78 is 6.78. The van der Waals surface area contributed by atoms with Crippen molar-refractivity contribution in [1.82, 2.24) is 4.98 Å². The number of hydrogen-bond donors (Lipinski definition) is 0. The molecule has 0 saturated carbocycles. The van der Waals surface area contributed by atoms with E-state index in [0.717, 1.165) is 20.7 Å². The van der Waals surface area contributed by atoms with Crippen LogP contribution in [0.15, 0.2) is 85.5 Å². The van der Waals surface area contributed by atoms with E-state index in [1.807, 2.05) is 31.2 Å². The Hall–Kier alpha value is -3.25. The Morgan fingerprint density at radius 3 is 2.70 bits per heavy atom. The molecule has 0 unspecified atom stereocenters. The lowest BCUT2D eigenvalue weighted by Crippen LogP contribution is -1.95. The number of aromatic nitrogens is 1. The Morgan fingerprint density at radius 2 is 2.07 bits per heavy atom. The molecule has 138 valence electrons. The Morgan fingerprint density at radius 1 is 1.30 bits per heavy atom. The number of nitrogens with zero attached hydrogens (tertiary/aromatic N) is 2. The van der Waals surface area contributed by atoms with Gasteiger partial charge in [-0.3, -0.25) is 15.1 Å². The first-order chi connectivity index (χ1) is 13.0. The Bertz CT molecular complexity index is 994. The predicted molar refractivity (Wildman–Crippen MR) is 112 cm³/mol. The zero-order chi connectivity index (χ0) is 19.8. The molecule has 0 atom stereocenters. The first kappa shape index (κ1) is 20.1. The second-order valence-electron chi connectivity index (χ2n) is 5.42. The molecule has 2 heterocycles. The van der Waals surface area contributed by atoms with Crippen molar-refractivity contribution >= 4 is 27.1 Å². The molecule has 2 aromatic heterocycles. The van der Waals surface area contributed by atoms with E-state index in [1.54, 1.807) is 42.7 Å². The van der Waals surface area contributed by atoms with E-state index in [4.69, 9.17) is 4.74 Å². The third-order valence-corrected chi connectivity index (χ3v) is 4.72. The number of fused-ring (bicyclic) bond motifs is 1. The van der Waals surface area contributed by atoms with Crippen LogP contribution in [0.1, 0.15) is 18.7 Å². The van der Waals surface area contributed by atoms with Gasteiger partial charge in [0.1, 0.15) is 11.5 Å². The van der Waals surface area contributed by atoms with Gasteiger partial charge in [0, 0.05) is 29.3 Å². The van der Waals surface area contributed by atoms with Crippen molar-refractivity contribution in [2.24, 2.45) is 0 Å². The van der Waals surface area contributed by atoms with Crippen LogP contribution in [0.25, 0.3) is 15.8 Å². The molecule has 0 saturated heterocycles. The summed E-state index contributed by atoms with van der Waals surface area (Å²) in [4.78, 5) is 15.7. The molecule has 27 heavy (non-hydrogen) atoms. The highest BCUT2D eigenvalue weighted by Crippen LogP contribution is 2.36. The highest BCUT2D eigenvalue weighted by Gasteiger charge is 2.11. The molecule has 0 aliphatic rings. The standard InChI is InChI=1S/C21H20N2O3S/c1-5-8-9-16(6-2)20-14-18-21(27-20)19(12-13-22-18)26-15(4)10-11-17(7-3)23(24)25/h5-14H,2-3H2,1,4H3/b8-5-,15-10+,16-9+,17-11+. The fourth-order valence-corrected chi connectivity index (χ4v) is 3.29. The lowest BCUT2D eigenvalue weighted by Gasteiger charge is -2.05. The molecule has 5 nitrogen and oxygen atoms in total. The van der Waals surface area contributed by atoms with Crippen molar-refractivity contribution in [1.29, 1.82) is 0 Å². The summed E-state index contributed by atoms with van der Waals surface area (Å²) in [5.74, 6) is 1.17. The summed E-state index contributed by atoms with van der Waals surface area (Å²) in [6, 6.07) is 3.76. The van der Waals surface area contributed by atoms with Crippen LogP contribution in [0.4, 0.5) is 0 Å². The van der Waals surface area contributed by atoms with Gasteiger partial charge in [-0.2, -0.15) is 0 Å². The molecule has 0 amide bonds. The molecule has 0 bridgehead atoms. The van der Waals surface area contributed by atoms with Crippen LogP contribution >= 0.6 is 11.3 Å². The summed E-state index contributed by atoms with van der Waals surface area (Å²) >= 11 is 1.55. The van der Waals surface area contributed by atoms with Crippen LogP contribution < -0.4 is 4.74 Å². The van der Waals surface area contributed by atoms with Gasteiger partial charge in [-0.1, -0.05) is 37.5 Å². The zero-order valence-electron chi connectivity index (χ0n) is 15.2. The van der Waals surface area contributed by atoms with Gasteiger partial charge in [0.2, 0.25) is 0 Å². The van der Waals surface area contributed by atoms with Crippen LogP contribution in [0.3, 0.4) is 0 Å². The smallest absolute Gasteiger partial charge is 0.268 e. The van der Waals surface area contributed by atoms with Gasteiger partial charge in [0.25, 0.3) is 5.70 Å². The Balaban J connectivity index is 2.38. The van der Waals surface area contributed by atoms with Gasteiger partial charge in [0.15, 0.2) is 0 Å². The van der Waals surface area contributed by atoms with E-state index >= 15 is 0 Å². The third kappa shape index (κ3) is 5.12. The molecule has 0 aliphatic carbocycles. The molecule has 0 spiro atoms. The summed E-state index contributed by atoms with van der Waals surface area (Å²) in [5.41, 5.74) is 1.72. The quantitative estimate of drug-likeness (QED) is 0.241. The van der Waals surface area contributed by atoms with E-state index in [0.29, 0.717) is 11.5 Å². The van der Waals surface area contributed by atoms with Crippen molar-refractivity contribution in [3.05, 3.63) is 100 Å². The highest BCUT2D eigenvalue weighted by molar-refractivity contribution is 7.20. The molecule has 0 aliphatic heterocycles. The second kappa shape index (κ2) is 9.45. The first-order valence-corrected chi connectivity index (χ1v) is 8.99. The summed E-state index contributed by atoms with van der Waals surface area (Å²) in [5, 5.41) is 10.8. The fraction of sp³-hybridized carbons (Fsp3) is 0.0952. The van der Waals surface area contributed by atoms with Gasteiger partial charge in [-0.05, 0) is 31.6 Å². The van der Waals surface area contributed by atoms with Crippen molar-refractivity contribution in [2.45, 2.75) is 13.8 Å². The fourth-order valence-electron chi connectivity index (χ4n) is 2.20. The summed E-state index contributed by atoms with van der Waals surface area (Å²) in [6.45, 7) is 11.0. The molecule has 2 aromatic rings. The van der Waals surface area contributed by atoms with Gasteiger partial charge >= 0.3 is 0 Å². The van der Waals surface area contributed by atoms with Crippen molar-refractivity contribution < 1.29 is 9.66 Å². The van der Waals surface area contributed by atoms with E-state index in [9.17, 15) is 10.1 Å². The maximum Gasteiger partial charge on any atom is 0.268 e. The van der Waals surface area contributed by atoms with Crippen LogP contribution in [-0.4, -0.2) is 9.91 Å². The Labute approximate surface area is 162 Å². The van der Waals surface area contributed by atoms with Crippen molar-refractivity contribution in [3.63, 3.8) is 0 Å². The summed E-state index contributed by atoms with van der Waals surface area (Å²) in [7, 11) is 0. The van der Waals surface area contributed by atoms with E-state index in [1.165, 1.54) is 12.2 Å². The molecule has 2 rings (SSSR count). The number of hydrogen-bond acceptors (Lipinski definition) is 5. The average Bonchev–Trinajstić information content (AvgIpc) is 3.07. The number of ether oxygens (including phenoxy) is 1. The number of allylic oxidation sites excluding steroid dienone is 9. The van der Waals surface area contributed by atoms with Gasteiger partial charge in [-0.25, -0.2) is 0 Å². The second-order valence-corrected chi connectivity index (χ2v) is 6.47. The van der Waals surface area contributed by atoms with E-state index in [-0.39, 0.29) is 5.70 Å². The first-order valence-electron chi connectivity index (χ1n) is 8.17. The normalized spacial score (nSPS) is 13.2. The number of pyridine rings is 1. The Kier molecular flexibility index (Phi) is 7.02. The largest absolute Gasteiger partial charge is 0.460 e. The minimum absolute atomic E-state index is 0.0963. The van der Waals surface area contributed by atoms with Crippen LogP contribution in [0, 0.1) is 10.1 Å². The number of thiophene rings is 1. The number of rotatable bonds is 8. The van der Waals surface area contributed by atoms with Gasteiger partial charge in [0.05, 0.1) is 15.1 Å². The average molecular weight is 380 g/mol. The van der Waals surface area contributed by atoms with Crippen molar-refractivity contribution in [3.8, 4) is 5.75 Å². The molecule has 0 N–H and O–H groups in total. The highest BCUT2D eigenvalue weighted by atomic mass is 32.1. The van der Waals surface area contributed by atoms with E-state index in [2.05, 4.69) is 18.1 Å². The third-order valence-electron chi connectivity index (χ3n) is 3.53. The lowest BCUT2D eigenvalue weighted by atomic mass is 10.2. The molecule has 6 heteroatoms. The lowest BCUT2D eigenvalue weighted by molar-refractivity contribution is -0.418. The maximum absolute atomic E-state index is 10.8. The predicted octanol–water partition coefficient (Wildman–Crippen LogP) is 6.07. The molecular formula is C21H20N2O3S. The van der Waals surface area contributed by atoms with Crippen LogP contribution in [-0.2, 0) is 0 Å². The maximum atomic E-state index is 10.8. The SMILES string of the molecule is C=C/C(=C\C=C/C)c1cc2nccc(O/C(C)=C/C=C(\C=C)[N+](=O)[O-])c2s1.